The monoisotopic (exact) mass is 197 g/mol. The van der Waals surface area contributed by atoms with E-state index < -0.39 is 12.8 Å². The van der Waals surface area contributed by atoms with E-state index in [1.165, 1.54) is 0 Å². The van der Waals surface area contributed by atoms with Gasteiger partial charge in [-0.05, 0) is 18.8 Å². The normalized spacial score (nSPS) is 29.5. The fourth-order valence-corrected chi connectivity index (χ4v) is 1.55. The summed E-state index contributed by atoms with van der Waals surface area (Å²) in [4.78, 5) is 4.38. The molecule has 0 saturated heterocycles. The lowest BCUT2D eigenvalue weighted by molar-refractivity contribution is -0.193. The molecule has 1 rings (SSSR count). The Balaban J connectivity index is 2.12. The number of hydrogen-bond acceptors (Lipinski definition) is 2. The average molecular weight is 197 g/mol. The summed E-state index contributed by atoms with van der Waals surface area (Å²) >= 11 is 0. The molecule has 13 heavy (non-hydrogen) atoms. The first-order valence-corrected chi connectivity index (χ1v) is 4.43. The van der Waals surface area contributed by atoms with Gasteiger partial charge in [-0.25, -0.2) is 0 Å². The molecule has 1 saturated carbocycles. The number of alkyl halides is 3. The summed E-state index contributed by atoms with van der Waals surface area (Å²) < 4.78 is 35.0. The van der Waals surface area contributed by atoms with Crippen molar-refractivity contribution in [1.29, 1.82) is 0 Å². The smallest absolute Gasteiger partial charge is 0.292 e. The first-order valence-electron chi connectivity index (χ1n) is 4.43. The molecule has 1 fully saturated rings. The minimum absolute atomic E-state index is 0.0855. The molecule has 2 unspecified atom stereocenters. The second kappa shape index (κ2) is 4.28. The van der Waals surface area contributed by atoms with Crippen LogP contribution in [0, 0.1) is 5.92 Å². The van der Waals surface area contributed by atoms with Gasteiger partial charge in [0.15, 0.2) is 6.61 Å². The molecule has 2 nitrogen and oxygen atoms in total. The summed E-state index contributed by atoms with van der Waals surface area (Å²) in [5.41, 5.74) is 2.47. The lowest BCUT2D eigenvalue weighted by Crippen LogP contribution is -2.34. The van der Waals surface area contributed by atoms with E-state index in [-0.39, 0.29) is 6.04 Å². The second-order valence-corrected chi connectivity index (χ2v) is 3.54. The molecule has 1 aliphatic carbocycles. The molecule has 0 aromatic rings. The van der Waals surface area contributed by atoms with E-state index in [4.69, 9.17) is 0 Å². The third-order valence-electron chi connectivity index (χ3n) is 2.33. The highest BCUT2D eigenvalue weighted by Gasteiger charge is 2.29. The molecule has 0 aromatic carbocycles. The SMILES string of the molecule is CC1CCCC1NOCC(F)(F)F. The Morgan fingerprint density at radius 2 is 2.08 bits per heavy atom. The maximum absolute atomic E-state index is 11.7. The summed E-state index contributed by atoms with van der Waals surface area (Å²) in [7, 11) is 0. The number of rotatable bonds is 3. The summed E-state index contributed by atoms with van der Waals surface area (Å²) in [5, 5.41) is 0. The predicted molar refractivity (Wildman–Crippen MR) is 41.9 cm³/mol. The van der Waals surface area contributed by atoms with Crippen LogP contribution in [0.3, 0.4) is 0 Å². The molecule has 0 bridgehead atoms. The minimum Gasteiger partial charge on any atom is -0.292 e. The summed E-state index contributed by atoms with van der Waals surface area (Å²) in [5.74, 6) is 0.410. The Morgan fingerprint density at radius 3 is 2.54 bits per heavy atom. The Morgan fingerprint density at radius 1 is 1.38 bits per heavy atom. The van der Waals surface area contributed by atoms with Crippen LogP contribution >= 0.6 is 0 Å². The molecular weight excluding hydrogens is 183 g/mol. The van der Waals surface area contributed by atoms with Crippen molar-refractivity contribution in [3.63, 3.8) is 0 Å². The van der Waals surface area contributed by atoms with E-state index in [9.17, 15) is 13.2 Å². The van der Waals surface area contributed by atoms with Gasteiger partial charge in [0.2, 0.25) is 0 Å². The van der Waals surface area contributed by atoms with E-state index in [0.717, 1.165) is 19.3 Å². The van der Waals surface area contributed by atoms with Crippen molar-refractivity contribution in [2.75, 3.05) is 6.61 Å². The van der Waals surface area contributed by atoms with Crippen LogP contribution in [-0.4, -0.2) is 18.8 Å². The first-order chi connectivity index (χ1) is 5.99. The number of hydrogen-bond donors (Lipinski definition) is 1. The second-order valence-electron chi connectivity index (χ2n) is 3.54. The summed E-state index contributed by atoms with van der Waals surface area (Å²) in [6, 6.07) is 0.0855. The maximum Gasteiger partial charge on any atom is 0.413 e. The van der Waals surface area contributed by atoms with Crippen LogP contribution in [0.4, 0.5) is 13.2 Å². The molecule has 0 radical (unpaired) electrons. The molecule has 78 valence electrons. The van der Waals surface area contributed by atoms with Crippen LogP contribution in [0.1, 0.15) is 26.2 Å². The van der Waals surface area contributed by atoms with Crippen LogP contribution in [0.15, 0.2) is 0 Å². The van der Waals surface area contributed by atoms with Crippen molar-refractivity contribution in [2.24, 2.45) is 5.92 Å². The van der Waals surface area contributed by atoms with Gasteiger partial charge in [-0.15, -0.1) is 0 Å². The Kier molecular flexibility index (Phi) is 3.55. The van der Waals surface area contributed by atoms with Gasteiger partial charge < -0.3 is 0 Å². The van der Waals surface area contributed by atoms with Crippen molar-refractivity contribution in [3.05, 3.63) is 0 Å². The van der Waals surface area contributed by atoms with E-state index >= 15 is 0 Å². The van der Waals surface area contributed by atoms with Crippen molar-refractivity contribution in [2.45, 2.75) is 38.4 Å². The topological polar surface area (TPSA) is 21.3 Å². The maximum atomic E-state index is 11.7. The number of halogens is 3. The summed E-state index contributed by atoms with van der Waals surface area (Å²) in [6.07, 6.45) is -1.21. The Bertz CT molecular complexity index is 160. The van der Waals surface area contributed by atoms with Gasteiger partial charge in [-0.2, -0.15) is 18.7 Å². The average Bonchev–Trinajstić information content (AvgIpc) is 2.34. The fraction of sp³-hybridized carbons (Fsp3) is 1.00. The Hall–Kier alpha value is -0.290. The molecule has 0 aromatic heterocycles. The molecule has 0 aliphatic heterocycles. The Labute approximate surface area is 75.4 Å². The van der Waals surface area contributed by atoms with Crippen LogP contribution in [0.5, 0.6) is 0 Å². The number of hydroxylamine groups is 1. The fourth-order valence-electron chi connectivity index (χ4n) is 1.55. The van der Waals surface area contributed by atoms with Gasteiger partial charge in [0.05, 0.1) is 0 Å². The zero-order valence-corrected chi connectivity index (χ0v) is 7.53. The lowest BCUT2D eigenvalue weighted by atomic mass is 10.1. The van der Waals surface area contributed by atoms with Gasteiger partial charge in [0.1, 0.15) is 0 Å². The molecule has 1 aliphatic rings. The molecule has 2 atom stereocenters. The van der Waals surface area contributed by atoms with E-state index in [0.29, 0.717) is 5.92 Å². The molecule has 0 heterocycles. The van der Waals surface area contributed by atoms with Gasteiger partial charge in [0.25, 0.3) is 0 Å². The predicted octanol–water partition coefficient (Wildman–Crippen LogP) is 2.26. The highest BCUT2D eigenvalue weighted by atomic mass is 19.4. The van der Waals surface area contributed by atoms with E-state index in [1.54, 1.807) is 0 Å². The highest BCUT2D eigenvalue weighted by molar-refractivity contribution is 4.77. The number of nitrogens with one attached hydrogen (secondary N) is 1. The van der Waals surface area contributed by atoms with Gasteiger partial charge in [-0.1, -0.05) is 13.3 Å². The molecule has 1 N–H and O–H groups in total. The van der Waals surface area contributed by atoms with Gasteiger partial charge >= 0.3 is 6.18 Å². The van der Waals surface area contributed by atoms with Crippen LogP contribution in [-0.2, 0) is 4.84 Å². The van der Waals surface area contributed by atoms with Crippen LogP contribution < -0.4 is 5.48 Å². The van der Waals surface area contributed by atoms with Crippen molar-refractivity contribution in [3.8, 4) is 0 Å². The standard InChI is InChI=1S/C8H14F3NO/c1-6-3-2-4-7(6)12-13-5-8(9,10)11/h6-7,12H,2-5H2,1H3. The van der Waals surface area contributed by atoms with Crippen LogP contribution in [0.25, 0.3) is 0 Å². The minimum atomic E-state index is -4.24. The molecular formula is C8H14F3NO. The lowest BCUT2D eigenvalue weighted by Gasteiger charge is -2.17. The van der Waals surface area contributed by atoms with Gasteiger partial charge in [-0.3, -0.25) is 4.84 Å². The largest absolute Gasteiger partial charge is 0.413 e. The molecule has 5 heteroatoms. The van der Waals surface area contributed by atoms with Crippen LogP contribution in [0.2, 0.25) is 0 Å². The first kappa shape index (κ1) is 10.8. The third-order valence-corrected chi connectivity index (χ3v) is 2.33. The van der Waals surface area contributed by atoms with E-state index in [1.807, 2.05) is 6.92 Å². The van der Waals surface area contributed by atoms with E-state index in [2.05, 4.69) is 10.3 Å². The quantitative estimate of drug-likeness (QED) is 0.701. The van der Waals surface area contributed by atoms with Crippen molar-refractivity contribution < 1.29 is 18.0 Å². The van der Waals surface area contributed by atoms with Crippen molar-refractivity contribution in [1.82, 2.24) is 5.48 Å². The molecule has 0 amide bonds. The third kappa shape index (κ3) is 3.95. The molecule has 0 spiro atoms. The van der Waals surface area contributed by atoms with Crippen molar-refractivity contribution >= 4 is 0 Å². The zero-order valence-electron chi connectivity index (χ0n) is 7.53. The summed E-state index contributed by atoms with van der Waals surface area (Å²) in [6.45, 7) is 0.803. The zero-order chi connectivity index (χ0) is 9.90. The highest BCUT2D eigenvalue weighted by Crippen LogP contribution is 2.25. The van der Waals surface area contributed by atoms with Gasteiger partial charge in [0, 0.05) is 6.04 Å².